The summed E-state index contributed by atoms with van der Waals surface area (Å²) in [7, 11) is 0. The van der Waals surface area contributed by atoms with Gasteiger partial charge in [-0.1, -0.05) is 24.3 Å². The van der Waals surface area contributed by atoms with Crippen LogP contribution in [-0.4, -0.2) is 22.2 Å². The number of anilines is 1. The molecule has 0 amide bonds. The molecule has 0 spiro atoms. The Morgan fingerprint density at radius 2 is 2.06 bits per heavy atom. The average Bonchev–Trinajstić information content (AvgIpc) is 2.34. The molecule has 1 heterocycles. The third kappa shape index (κ3) is 1.76. The van der Waals surface area contributed by atoms with Gasteiger partial charge in [-0.25, -0.2) is 4.98 Å². The highest BCUT2D eigenvalue weighted by Crippen LogP contribution is 2.35. The maximum atomic E-state index is 9.48. The van der Waals surface area contributed by atoms with Gasteiger partial charge in [0.15, 0.2) is 0 Å². The Hall–Kier alpha value is -1.61. The Morgan fingerprint density at radius 3 is 2.76 bits per heavy atom. The topological polar surface area (TPSA) is 45.1 Å². The van der Waals surface area contributed by atoms with Crippen LogP contribution in [0.15, 0.2) is 36.5 Å². The van der Waals surface area contributed by atoms with E-state index in [0.717, 1.165) is 24.0 Å². The lowest BCUT2D eigenvalue weighted by atomic mass is 9.77. The number of aliphatic hydroxyl groups is 1. The summed E-state index contributed by atoms with van der Waals surface area (Å²) in [6.07, 6.45) is 5.04. The minimum absolute atomic E-state index is 0.142. The van der Waals surface area contributed by atoms with Crippen LogP contribution in [0.3, 0.4) is 0 Å². The molecule has 0 saturated heterocycles. The fourth-order valence-corrected chi connectivity index (χ4v) is 2.40. The maximum absolute atomic E-state index is 9.48. The Kier molecular flexibility index (Phi) is 2.48. The van der Waals surface area contributed by atoms with E-state index < -0.39 is 0 Å². The zero-order chi connectivity index (χ0) is 11.7. The van der Waals surface area contributed by atoms with Crippen molar-refractivity contribution in [3.63, 3.8) is 0 Å². The number of hydrogen-bond acceptors (Lipinski definition) is 3. The first-order valence-corrected chi connectivity index (χ1v) is 6.06. The van der Waals surface area contributed by atoms with E-state index in [2.05, 4.69) is 22.4 Å². The van der Waals surface area contributed by atoms with Crippen LogP contribution in [0.4, 0.5) is 5.82 Å². The lowest BCUT2D eigenvalue weighted by molar-refractivity contribution is 0.144. The van der Waals surface area contributed by atoms with E-state index in [1.807, 2.05) is 24.4 Å². The molecule has 1 saturated carbocycles. The summed E-state index contributed by atoms with van der Waals surface area (Å²) >= 11 is 0. The van der Waals surface area contributed by atoms with E-state index in [4.69, 9.17) is 0 Å². The van der Waals surface area contributed by atoms with Gasteiger partial charge in [0.2, 0.25) is 0 Å². The fraction of sp³-hybridized carbons (Fsp3) is 0.357. The predicted octanol–water partition coefficient (Wildman–Crippen LogP) is 2.56. The quantitative estimate of drug-likeness (QED) is 0.848. The molecule has 3 rings (SSSR count). The Labute approximate surface area is 100 Å². The van der Waals surface area contributed by atoms with Crippen LogP contribution in [-0.2, 0) is 0 Å². The summed E-state index contributed by atoms with van der Waals surface area (Å²) < 4.78 is 0. The predicted molar refractivity (Wildman–Crippen MR) is 69.0 cm³/mol. The van der Waals surface area contributed by atoms with Crippen molar-refractivity contribution in [2.24, 2.45) is 0 Å². The van der Waals surface area contributed by atoms with Crippen molar-refractivity contribution in [1.82, 2.24) is 4.98 Å². The van der Waals surface area contributed by atoms with Gasteiger partial charge in [-0.3, -0.25) is 0 Å². The molecule has 1 aromatic heterocycles. The molecule has 1 aliphatic rings. The van der Waals surface area contributed by atoms with Gasteiger partial charge in [0.25, 0.3) is 0 Å². The van der Waals surface area contributed by atoms with Crippen LogP contribution in [0, 0.1) is 0 Å². The van der Waals surface area contributed by atoms with Gasteiger partial charge < -0.3 is 10.4 Å². The van der Waals surface area contributed by atoms with E-state index in [9.17, 15) is 5.11 Å². The smallest absolute Gasteiger partial charge is 0.134 e. The molecular weight excluding hydrogens is 212 g/mol. The summed E-state index contributed by atoms with van der Waals surface area (Å²) in [5, 5.41) is 15.2. The van der Waals surface area contributed by atoms with Gasteiger partial charge in [0, 0.05) is 11.6 Å². The van der Waals surface area contributed by atoms with Crippen molar-refractivity contribution in [2.75, 3.05) is 11.9 Å². The van der Waals surface area contributed by atoms with Gasteiger partial charge in [-0.15, -0.1) is 0 Å². The largest absolute Gasteiger partial charge is 0.394 e. The molecule has 0 atom stereocenters. The zero-order valence-electron chi connectivity index (χ0n) is 9.69. The molecule has 3 heteroatoms. The normalized spacial score (nSPS) is 17.7. The second kappa shape index (κ2) is 4.00. The van der Waals surface area contributed by atoms with E-state index in [0.29, 0.717) is 0 Å². The Bertz CT molecular complexity index is 524. The van der Waals surface area contributed by atoms with Crippen LogP contribution in [0.2, 0.25) is 0 Å². The second-order valence-electron chi connectivity index (χ2n) is 4.80. The molecule has 1 aromatic carbocycles. The van der Waals surface area contributed by atoms with Gasteiger partial charge in [0.1, 0.15) is 5.82 Å². The third-order valence-electron chi connectivity index (χ3n) is 3.67. The Balaban J connectivity index is 2.00. The van der Waals surface area contributed by atoms with Gasteiger partial charge in [0.05, 0.1) is 12.1 Å². The Morgan fingerprint density at radius 1 is 1.24 bits per heavy atom. The number of aliphatic hydroxyl groups excluding tert-OH is 1. The molecule has 0 bridgehead atoms. The van der Waals surface area contributed by atoms with Crippen LogP contribution in [0.1, 0.15) is 19.3 Å². The number of hydrogen-bond donors (Lipinski definition) is 2. The number of aromatic nitrogens is 1. The lowest BCUT2D eigenvalue weighted by Gasteiger charge is -2.41. The minimum Gasteiger partial charge on any atom is -0.394 e. The van der Waals surface area contributed by atoms with Crippen LogP contribution < -0.4 is 5.32 Å². The number of nitrogens with zero attached hydrogens (tertiary/aromatic N) is 1. The molecule has 2 aromatic rings. The van der Waals surface area contributed by atoms with Crippen molar-refractivity contribution in [2.45, 2.75) is 24.8 Å². The highest BCUT2D eigenvalue weighted by Gasteiger charge is 2.36. The number of rotatable bonds is 3. The monoisotopic (exact) mass is 228 g/mol. The summed E-state index contributed by atoms with van der Waals surface area (Å²) in [6, 6.07) is 10.2. The molecule has 17 heavy (non-hydrogen) atoms. The first kappa shape index (κ1) is 10.5. The van der Waals surface area contributed by atoms with E-state index in [1.165, 1.54) is 11.8 Å². The minimum atomic E-state index is -0.142. The lowest BCUT2D eigenvalue weighted by Crippen LogP contribution is -2.48. The molecule has 0 aliphatic heterocycles. The average molecular weight is 228 g/mol. The molecule has 88 valence electrons. The standard InChI is InChI=1S/C14H16N2O/c17-10-14(7-3-8-14)16-13-12-5-2-1-4-11(12)6-9-15-13/h1-2,4-6,9,17H,3,7-8,10H2,(H,15,16). The maximum Gasteiger partial charge on any atom is 0.134 e. The number of benzene rings is 1. The highest BCUT2D eigenvalue weighted by molar-refractivity contribution is 5.91. The SMILES string of the molecule is OCC1(Nc2nccc3ccccc23)CCC1. The highest BCUT2D eigenvalue weighted by atomic mass is 16.3. The molecule has 3 nitrogen and oxygen atoms in total. The van der Waals surface area contributed by atoms with Gasteiger partial charge in [-0.05, 0) is 30.7 Å². The van der Waals surface area contributed by atoms with Crippen molar-refractivity contribution in [3.8, 4) is 0 Å². The molecule has 1 aliphatic carbocycles. The molecule has 2 N–H and O–H groups in total. The van der Waals surface area contributed by atoms with E-state index >= 15 is 0 Å². The third-order valence-corrected chi connectivity index (χ3v) is 3.67. The van der Waals surface area contributed by atoms with Crippen LogP contribution >= 0.6 is 0 Å². The van der Waals surface area contributed by atoms with Gasteiger partial charge >= 0.3 is 0 Å². The molecular formula is C14H16N2O. The number of nitrogens with one attached hydrogen (secondary N) is 1. The summed E-state index contributed by atoms with van der Waals surface area (Å²) in [5.41, 5.74) is -0.142. The molecule has 1 fully saturated rings. The number of fused-ring (bicyclic) bond motifs is 1. The second-order valence-corrected chi connectivity index (χ2v) is 4.80. The van der Waals surface area contributed by atoms with Crippen molar-refractivity contribution >= 4 is 16.6 Å². The van der Waals surface area contributed by atoms with Crippen molar-refractivity contribution < 1.29 is 5.11 Å². The van der Waals surface area contributed by atoms with Crippen LogP contribution in [0.5, 0.6) is 0 Å². The summed E-state index contributed by atoms with van der Waals surface area (Å²) in [5.74, 6) is 0.886. The molecule has 0 radical (unpaired) electrons. The summed E-state index contributed by atoms with van der Waals surface area (Å²) in [6.45, 7) is 0.178. The molecule has 0 unspecified atom stereocenters. The summed E-state index contributed by atoms with van der Waals surface area (Å²) in [4.78, 5) is 4.40. The zero-order valence-corrected chi connectivity index (χ0v) is 9.69. The van der Waals surface area contributed by atoms with Crippen molar-refractivity contribution in [1.29, 1.82) is 0 Å². The fourth-order valence-electron chi connectivity index (χ4n) is 2.40. The van der Waals surface area contributed by atoms with Crippen LogP contribution in [0.25, 0.3) is 10.8 Å². The first-order valence-electron chi connectivity index (χ1n) is 6.06. The van der Waals surface area contributed by atoms with Crippen molar-refractivity contribution in [3.05, 3.63) is 36.5 Å². The van der Waals surface area contributed by atoms with E-state index in [-0.39, 0.29) is 12.1 Å². The number of pyridine rings is 1. The van der Waals surface area contributed by atoms with Gasteiger partial charge in [-0.2, -0.15) is 0 Å². The van der Waals surface area contributed by atoms with E-state index in [1.54, 1.807) is 0 Å². The first-order chi connectivity index (χ1) is 8.33.